The number of hydrogen-bond acceptors (Lipinski definition) is 9. The second kappa shape index (κ2) is 10.1. The van der Waals surface area contributed by atoms with Gasteiger partial charge in [-0.25, -0.2) is 21.8 Å². The van der Waals surface area contributed by atoms with E-state index in [0.29, 0.717) is 36.7 Å². The molecule has 0 fully saturated rings. The Kier molecular flexibility index (Phi) is 7.27. The van der Waals surface area contributed by atoms with Gasteiger partial charge in [0.2, 0.25) is 26.0 Å². The molecule has 0 amide bonds. The van der Waals surface area contributed by atoms with E-state index in [9.17, 15) is 16.8 Å². The number of para-hydroxylation sites is 2. The molecule has 0 aliphatic carbocycles. The Morgan fingerprint density at radius 1 is 0.972 bits per heavy atom. The average Bonchev–Trinajstić information content (AvgIpc) is 2.95. The van der Waals surface area contributed by atoms with Gasteiger partial charge in [0.05, 0.1) is 30.1 Å². The molecule has 3 N–H and O–H groups in total. The van der Waals surface area contributed by atoms with Gasteiger partial charge in [0.25, 0.3) is 0 Å². The first-order valence-corrected chi connectivity index (χ1v) is 14.9. The van der Waals surface area contributed by atoms with E-state index in [1.807, 2.05) is 30.1 Å². The molecule has 0 atom stereocenters. The van der Waals surface area contributed by atoms with Crippen molar-refractivity contribution in [1.82, 2.24) is 14.3 Å². The predicted molar refractivity (Wildman–Crippen MR) is 143 cm³/mol. The Morgan fingerprint density at radius 2 is 1.69 bits per heavy atom. The van der Waals surface area contributed by atoms with Gasteiger partial charge in [0.15, 0.2) is 5.82 Å². The number of halogens is 1. The molecule has 2 aromatic carbocycles. The molecule has 3 aromatic rings. The first-order valence-electron chi connectivity index (χ1n) is 10.8. The van der Waals surface area contributed by atoms with Crippen LogP contribution in [0.2, 0.25) is 5.02 Å². The molecule has 0 unspecified atom stereocenters. The van der Waals surface area contributed by atoms with Crippen molar-refractivity contribution in [3.05, 3.63) is 59.2 Å². The summed E-state index contributed by atoms with van der Waals surface area (Å²) in [5.41, 5.74) is 3.32. The fourth-order valence-electron chi connectivity index (χ4n) is 3.72. The standard InChI is InChI=1S/C22H26ClN7O4S2/c1-29-10-11-30(36(3,33)34)14-15-8-9-16(12-20(15)29)25-22-24-13-17(23)21(27-22)26-18-6-4-5-7-19(18)28-35(2,31)32/h4-9,12-13,28H,10-11,14H2,1-3H3,(H2,24,25,26,27). The monoisotopic (exact) mass is 551 g/mol. The highest BCUT2D eigenvalue weighted by molar-refractivity contribution is 7.92. The Morgan fingerprint density at radius 3 is 2.39 bits per heavy atom. The summed E-state index contributed by atoms with van der Waals surface area (Å²) in [5, 5.41) is 6.45. The van der Waals surface area contributed by atoms with Crippen LogP contribution in [-0.4, -0.2) is 63.8 Å². The lowest BCUT2D eigenvalue weighted by Gasteiger charge is -2.20. The minimum Gasteiger partial charge on any atom is -0.373 e. The van der Waals surface area contributed by atoms with Crippen molar-refractivity contribution in [2.75, 3.05) is 52.9 Å². The summed E-state index contributed by atoms with van der Waals surface area (Å²) in [6, 6.07) is 12.4. The van der Waals surface area contributed by atoms with Crippen molar-refractivity contribution >= 4 is 66.2 Å². The number of anilines is 6. The van der Waals surface area contributed by atoms with Crippen LogP contribution in [-0.2, 0) is 26.6 Å². The Balaban J connectivity index is 1.58. The van der Waals surface area contributed by atoms with Crippen molar-refractivity contribution in [3.63, 3.8) is 0 Å². The highest BCUT2D eigenvalue weighted by Gasteiger charge is 2.24. The largest absolute Gasteiger partial charge is 0.373 e. The Labute approximate surface area is 215 Å². The van der Waals surface area contributed by atoms with Gasteiger partial charge >= 0.3 is 0 Å². The van der Waals surface area contributed by atoms with E-state index >= 15 is 0 Å². The lowest BCUT2D eigenvalue weighted by Crippen LogP contribution is -2.33. The van der Waals surface area contributed by atoms with Gasteiger partial charge in [-0.1, -0.05) is 29.8 Å². The fraction of sp³-hybridized carbons (Fsp3) is 0.273. The molecule has 1 aliphatic heterocycles. The minimum atomic E-state index is -3.49. The van der Waals surface area contributed by atoms with Gasteiger partial charge in [-0.15, -0.1) is 0 Å². The molecule has 1 aliphatic rings. The maximum atomic E-state index is 12.1. The minimum absolute atomic E-state index is 0.247. The molecule has 11 nitrogen and oxygen atoms in total. The van der Waals surface area contributed by atoms with Gasteiger partial charge in [-0.2, -0.15) is 9.29 Å². The third-order valence-corrected chi connectivity index (χ3v) is 7.59. The smallest absolute Gasteiger partial charge is 0.229 e. The first kappa shape index (κ1) is 25.9. The van der Waals surface area contributed by atoms with E-state index < -0.39 is 20.0 Å². The van der Waals surface area contributed by atoms with E-state index in [0.717, 1.165) is 17.5 Å². The molecule has 0 bridgehead atoms. The summed E-state index contributed by atoms with van der Waals surface area (Å²) in [6.07, 6.45) is 3.72. The van der Waals surface area contributed by atoms with Crippen LogP contribution in [0.1, 0.15) is 5.56 Å². The zero-order valence-corrected chi connectivity index (χ0v) is 22.2. The molecule has 4 rings (SSSR count). The third-order valence-electron chi connectivity index (χ3n) is 5.47. The van der Waals surface area contributed by atoms with Crippen molar-refractivity contribution in [2.24, 2.45) is 0 Å². The number of nitrogens with one attached hydrogen (secondary N) is 3. The number of benzene rings is 2. The average molecular weight is 552 g/mol. The molecule has 1 aromatic heterocycles. The van der Waals surface area contributed by atoms with Gasteiger partial charge < -0.3 is 15.5 Å². The number of nitrogens with zero attached hydrogens (tertiary/aromatic N) is 4. The second-order valence-corrected chi connectivity index (χ2v) is 12.6. The summed E-state index contributed by atoms with van der Waals surface area (Å²) in [6.45, 7) is 1.25. The molecule has 192 valence electrons. The topological polar surface area (TPSA) is 137 Å². The van der Waals surface area contributed by atoms with Crippen LogP contribution in [0.3, 0.4) is 0 Å². The molecule has 2 heterocycles. The van der Waals surface area contributed by atoms with Crippen LogP contribution in [0.5, 0.6) is 0 Å². The molecule has 0 saturated carbocycles. The zero-order chi connectivity index (χ0) is 26.1. The molecule has 14 heteroatoms. The fourth-order valence-corrected chi connectivity index (χ4v) is 5.22. The normalized spacial score (nSPS) is 14.6. The van der Waals surface area contributed by atoms with Gasteiger partial charge in [-0.3, -0.25) is 4.72 Å². The van der Waals surface area contributed by atoms with Crippen molar-refractivity contribution in [1.29, 1.82) is 0 Å². The lowest BCUT2D eigenvalue weighted by atomic mass is 10.1. The Bertz CT molecular complexity index is 1500. The van der Waals surface area contributed by atoms with Crippen molar-refractivity contribution < 1.29 is 16.8 Å². The SMILES string of the molecule is CN1CCN(S(C)(=O)=O)Cc2ccc(Nc3ncc(Cl)c(Nc4ccccc4NS(C)(=O)=O)n3)cc21. The highest BCUT2D eigenvalue weighted by atomic mass is 35.5. The number of sulfonamides is 2. The van der Waals surface area contributed by atoms with E-state index in [-0.39, 0.29) is 16.8 Å². The van der Waals surface area contributed by atoms with E-state index in [4.69, 9.17) is 11.6 Å². The van der Waals surface area contributed by atoms with Gasteiger partial charge in [-0.05, 0) is 29.8 Å². The van der Waals surface area contributed by atoms with Crippen LogP contribution in [0.25, 0.3) is 0 Å². The summed E-state index contributed by atoms with van der Waals surface area (Å²) in [5.74, 6) is 0.553. The molecule has 0 radical (unpaired) electrons. The number of rotatable bonds is 7. The maximum Gasteiger partial charge on any atom is 0.229 e. The van der Waals surface area contributed by atoms with E-state index in [2.05, 4.69) is 25.3 Å². The van der Waals surface area contributed by atoms with Crippen LogP contribution in [0.4, 0.5) is 34.5 Å². The van der Waals surface area contributed by atoms with Crippen LogP contribution in [0.15, 0.2) is 48.7 Å². The maximum absolute atomic E-state index is 12.1. The Hall–Kier alpha value is -3.13. The third kappa shape index (κ3) is 6.35. The summed E-state index contributed by atoms with van der Waals surface area (Å²) >= 11 is 6.30. The van der Waals surface area contributed by atoms with Gasteiger partial charge in [0.1, 0.15) is 5.02 Å². The van der Waals surface area contributed by atoms with Crippen LogP contribution in [0, 0.1) is 0 Å². The summed E-state index contributed by atoms with van der Waals surface area (Å²) in [4.78, 5) is 10.7. The second-order valence-electron chi connectivity index (χ2n) is 8.42. The quantitative estimate of drug-likeness (QED) is 0.404. The van der Waals surface area contributed by atoms with Crippen molar-refractivity contribution in [3.8, 4) is 0 Å². The van der Waals surface area contributed by atoms with E-state index in [1.165, 1.54) is 16.8 Å². The molecular formula is C22H26ClN7O4S2. The molecular weight excluding hydrogens is 526 g/mol. The van der Waals surface area contributed by atoms with Gasteiger partial charge in [0, 0.05) is 38.1 Å². The zero-order valence-electron chi connectivity index (χ0n) is 19.9. The van der Waals surface area contributed by atoms with Crippen LogP contribution < -0.4 is 20.3 Å². The summed E-state index contributed by atoms with van der Waals surface area (Å²) < 4.78 is 51.5. The number of aromatic nitrogens is 2. The number of fused-ring (bicyclic) bond motifs is 1. The van der Waals surface area contributed by atoms with E-state index in [1.54, 1.807) is 24.3 Å². The predicted octanol–water partition coefficient (Wildman–Crippen LogP) is 3.20. The first-order chi connectivity index (χ1) is 16.9. The van der Waals surface area contributed by atoms with Crippen LogP contribution >= 0.6 is 11.6 Å². The summed E-state index contributed by atoms with van der Waals surface area (Å²) in [7, 11) is -4.88. The number of hydrogen-bond donors (Lipinski definition) is 3. The molecule has 0 saturated heterocycles. The lowest BCUT2D eigenvalue weighted by molar-refractivity contribution is 0.424. The highest BCUT2D eigenvalue weighted by Crippen LogP contribution is 2.32. The molecule has 36 heavy (non-hydrogen) atoms. The molecule has 0 spiro atoms. The number of likely N-dealkylation sites (N-methyl/N-ethyl adjacent to an activating group) is 1. The van der Waals surface area contributed by atoms with Crippen molar-refractivity contribution in [2.45, 2.75) is 6.54 Å².